The number of methoxy groups -OCH3 is 1. The van der Waals surface area contributed by atoms with E-state index in [0.29, 0.717) is 6.61 Å². The highest BCUT2D eigenvalue weighted by atomic mass is 35.5. The summed E-state index contributed by atoms with van der Waals surface area (Å²) in [6, 6.07) is 0. The van der Waals surface area contributed by atoms with E-state index in [1.807, 2.05) is 20.8 Å². The second kappa shape index (κ2) is 5.70. The van der Waals surface area contributed by atoms with Gasteiger partial charge in [-0.2, -0.15) is 0 Å². The van der Waals surface area contributed by atoms with Crippen molar-refractivity contribution >= 4 is 18.5 Å². The van der Waals surface area contributed by atoms with Crippen LogP contribution in [0, 0.1) is 0 Å². The number of carbonyl (C=O) groups excluding carboxylic acids is 1. The number of hydrogen-bond donors (Lipinski definition) is 2. The highest BCUT2D eigenvalue weighted by Crippen LogP contribution is 2.13. The summed E-state index contributed by atoms with van der Waals surface area (Å²) >= 11 is 0. The van der Waals surface area contributed by atoms with E-state index < -0.39 is 5.60 Å². The molecule has 6 heteroatoms. The maximum absolute atomic E-state index is 11.5. The maximum atomic E-state index is 11.5. The van der Waals surface area contributed by atoms with Crippen LogP contribution in [0.25, 0.3) is 0 Å². The molecule has 1 heterocycles. The Bertz CT molecular complexity index is 237. The predicted octanol–water partition coefficient (Wildman–Crippen LogP) is 0.921. The van der Waals surface area contributed by atoms with Gasteiger partial charge in [0.1, 0.15) is 5.60 Å². The molecule has 16 heavy (non-hydrogen) atoms. The summed E-state index contributed by atoms with van der Waals surface area (Å²) in [6.07, 6.45) is -0.388. The molecule has 0 aromatic heterocycles. The number of alkyl carbamates (subject to hydrolysis) is 1. The van der Waals surface area contributed by atoms with Gasteiger partial charge >= 0.3 is 6.09 Å². The Labute approximate surface area is 103 Å². The van der Waals surface area contributed by atoms with Crippen molar-refractivity contribution in [1.29, 1.82) is 0 Å². The number of rotatable bonds is 3. The van der Waals surface area contributed by atoms with Crippen LogP contribution in [0.3, 0.4) is 0 Å². The molecule has 96 valence electrons. The molecule has 0 aromatic rings. The molecule has 0 unspecified atom stereocenters. The second-order valence-electron chi connectivity index (χ2n) is 4.94. The van der Waals surface area contributed by atoms with Crippen LogP contribution in [0.2, 0.25) is 0 Å². The lowest BCUT2D eigenvalue weighted by molar-refractivity contribution is 0.0253. The fourth-order valence-corrected chi connectivity index (χ4v) is 1.45. The zero-order valence-electron chi connectivity index (χ0n) is 10.3. The Kier molecular flexibility index (Phi) is 5.52. The van der Waals surface area contributed by atoms with Gasteiger partial charge in [0.05, 0.1) is 12.1 Å². The molecule has 0 atom stereocenters. The van der Waals surface area contributed by atoms with E-state index in [9.17, 15) is 4.79 Å². The molecular weight excluding hydrogens is 232 g/mol. The summed E-state index contributed by atoms with van der Waals surface area (Å²) in [5.74, 6) is 0. The van der Waals surface area contributed by atoms with Crippen LogP contribution in [-0.2, 0) is 9.47 Å². The van der Waals surface area contributed by atoms with Gasteiger partial charge < -0.3 is 20.1 Å². The van der Waals surface area contributed by atoms with Crippen molar-refractivity contribution in [1.82, 2.24) is 10.6 Å². The molecule has 0 saturated carbocycles. The van der Waals surface area contributed by atoms with Gasteiger partial charge in [0.2, 0.25) is 0 Å². The first kappa shape index (κ1) is 15.5. The number of halogens is 1. The van der Waals surface area contributed by atoms with Gasteiger partial charge in [0, 0.05) is 20.2 Å². The summed E-state index contributed by atoms with van der Waals surface area (Å²) in [4.78, 5) is 11.5. The molecule has 0 aromatic carbocycles. The van der Waals surface area contributed by atoms with Crippen molar-refractivity contribution in [3.8, 4) is 0 Å². The lowest BCUT2D eigenvalue weighted by atomic mass is 9.94. The standard InChI is InChI=1S/C10H20N2O3.ClH/c1-9(2,3)15-8(13)12-10(7-14-4)5-11-6-10;/h11H,5-7H2,1-4H3,(H,12,13);1H. The Morgan fingerprint density at radius 2 is 2.00 bits per heavy atom. The number of nitrogens with one attached hydrogen (secondary N) is 2. The average molecular weight is 253 g/mol. The van der Waals surface area contributed by atoms with E-state index in [-0.39, 0.29) is 24.0 Å². The maximum Gasteiger partial charge on any atom is 0.408 e. The number of carbonyl (C=O) groups is 1. The molecule has 5 nitrogen and oxygen atoms in total. The van der Waals surface area contributed by atoms with E-state index in [4.69, 9.17) is 9.47 Å². The van der Waals surface area contributed by atoms with Crippen LogP contribution >= 0.6 is 12.4 Å². The van der Waals surface area contributed by atoms with Gasteiger partial charge in [-0.25, -0.2) is 4.79 Å². The quantitative estimate of drug-likeness (QED) is 0.784. The van der Waals surface area contributed by atoms with Gasteiger partial charge in [0.25, 0.3) is 0 Å². The predicted molar refractivity (Wildman–Crippen MR) is 64.1 cm³/mol. The van der Waals surface area contributed by atoms with Gasteiger partial charge in [-0.15, -0.1) is 12.4 Å². The van der Waals surface area contributed by atoms with Crippen molar-refractivity contribution in [3.05, 3.63) is 0 Å². The van der Waals surface area contributed by atoms with Crippen molar-refractivity contribution < 1.29 is 14.3 Å². The average Bonchev–Trinajstić information content (AvgIpc) is 1.96. The van der Waals surface area contributed by atoms with E-state index >= 15 is 0 Å². The number of hydrogen-bond acceptors (Lipinski definition) is 4. The molecule has 0 radical (unpaired) electrons. The molecule has 1 rings (SSSR count). The van der Waals surface area contributed by atoms with Crippen LogP contribution < -0.4 is 10.6 Å². The topological polar surface area (TPSA) is 59.6 Å². The molecule has 0 bridgehead atoms. The Balaban J connectivity index is 0.00000225. The molecule has 1 amide bonds. The largest absolute Gasteiger partial charge is 0.444 e. The molecule has 1 aliphatic heterocycles. The molecule has 1 saturated heterocycles. The Hall–Kier alpha value is -0.520. The summed E-state index contributed by atoms with van der Waals surface area (Å²) in [5, 5.41) is 5.94. The lowest BCUT2D eigenvalue weighted by Crippen LogP contribution is -2.71. The summed E-state index contributed by atoms with van der Waals surface area (Å²) in [7, 11) is 1.62. The third kappa shape index (κ3) is 4.55. The van der Waals surface area contributed by atoms with Gasteiger partial charge in [-0.3, -0.25) is 0 Å². The van der Waals surface area contributed by atoms with Crippen molar-refractivity contribution in [2.75, 3.05) is 26.8 Å². The van der Waals surface area contributed by atoms with Crippen molar-refractivity contribution in [2.45, 2.75) is 31.9 Å². The van der Waals surface area contributed by atoms with Crippen molar-refractivity contribution in [2.24, 2.45) is 0 Å². The zero-order valence-corrected chi connectivity index (χ0v) is 11.1. The van der Waals surface area contributed by atoms with Crippen LogP contribution in [-0.4, -0.2) is 44.0 Å². The summed E-state index contributed by atoms with van der Waals surface area (Å²) in [5.41, 5.74) is -0.757. The first-order valence-electron chi connectivity index (χ1n) is 5.08. The smallest absolute Gasteiger partial charge is 0.408 e. The van der Waals surface area contributed by atoms with Crippen LogP contribution in [0.1, 0.15) is 20.8 Å². The Morgan fingerprint density at radius 1 is 1.44 bits per heavy atom. The van der Waals surface area contributed by atoms with E-state index in [1.165, 1.54) is 0 Å². The lowest BCUT2D eigenvalue weighted by Gasteiger charge is -2.42. The highest BCUT2D eigenvalue weighted by molar-refractivity contribution is 5.85. The minimum absolute atomic E-state index is 0. The molecular formula is C10H21ClN2O3. The first-order valence-corrected chi connectivity index (χ1v) is 5.08. The molecule has 1 aliphatic rings. The van der Waals surface area contributed by atoms with E-state index in [0.717, 1.165) is 13.1 Å². The van der Waals surface area contributed by atoms with E-state index in [2.05, 4.69) is 10.6 Å². The zero-order chi connectivity index (χ0) is 11.5. The number of ether oxygens (including phenoxy) is 2. The molecule has 1 fully saturated rings. The molecule has 0 aliphatic carbocycles. The fourth-order valence-electron chi connectivity index (χ4n) is 1.45. The van der Waals surface area contributed by atoms with Gasteiger partial charge in [0.15, 0.2) is 0 Å². The fraction of sp³-hybridized carbons (Fsp3) is 0.900. The SMILES string of the molecule is COCC1(NC(=O)OC(C)(C)C)CNC1.Cl. The van der Waals surface area contributed by atoms with Gasteiger partial charge in [-0.05, 0) is 20.8 Å². The minimum atomic E-state index is -0.463. The first-order chi connectivity index (χ1) is 6.87. The molecule has 0 spiro atoms. The number of amides is 1. The highest BCUT2D eigenvalue weighted by Gasteiger charge is 2.39. The van der Waals surface area contributed by atoms with Gasteiger partial charge in [-0.1, -0.05) is 0 Å². The summed E-state index contributed by atoms with van der Waals surface area (Å²) in [6.45, 7) is 7.47. The molecule has 2 N–H and O–H groups in total. The van der Waals surface area contributed by atoms with Crippen molar-refractivity contribution in [3.63, 3.8) is 0 Å². The van der Waals surface area contributed by atoms with E-state index in [1.54, 1.807) is 7.11 Å². The summed E-state index contributed by atoms with van der Waals surface area (Å²) < 4.78 is 10.3. The third-order valence-electron chi connectivity index (χ3n) is 2.11. The second-order valence-corrected chi connectivity index (χ2v) is 4.94. The van der Waals surface area contributed by atoms with Crippen LogP contribution in [0.4, 0.5) is 4.79 Å². The van der Waals surface area contributed by atoms with Crippen LogP contribution in [0.15, 0.2) is 0 Å². The van der Waals surface area contributed by atoms with Crippen LogP contribution in [0.5, 0.6) is 0 Å². The normalized spacial score (nSPS) is 18.0. The Morgan fingerprint density at radius 3 is 2.31 bits per heavy atom. The third-order valence-corrected chi connectivity index (χ3v) is 2.11. The monoisotopic (exact) mass is 252 g/mol. The minimum Gasteiger partial charge on any atom is -0.444 e.